The van der Waals surface area contributed by atoms with Gasteiger partial charge in [-0.1, -0.05) is 23.8 Å². The lowest BCUT2D eigenvalue weighted by atomic mass is 10.1. The Morgan fingerprint density at radius 1 is 1.29 bits per heavy atom. The van der Waals surface area contributed by atoms with Crippen molar-refractivity contribution in [2.24, 2.45) is 0 Å². The van der Waals surface area contributed by atoms with Gasteiger partial charge < -0.3 is 4.74 Å². The van der Waals surface area contributed by atoms with Crippen LogP contribution in [-0.2, 0) is 11.2 Å². The van der Waals surface area contributed by atoms with E-state index < -0.39 is 0 Å². The topological polar surface area (TPSA) is 24.5 Å². The first kappa shape index (κ1) is 11.2. The molecule has 1 saturated heterocycles. The number of ether oxygens (including phenoxy) is 1. The molecular weight excluding hydrogens is 212 g/mol. The summed E-state index contributed by atoms with van der Waals surface area (Å²) in [5.41, 5.74) is 8.03. The summed E-state index contributed by atoms with van der Waals surface area (Å²) in [6.07, 6.45) is 2.42. The number of fused-ring (bicyclic) bond motifs is 1. The van der Waals surface area contributed by atoms with Crippen LogP contribution in [0, 0.1) is 6.92 Å². The standard InChI is InChI=1S/C14H20N2O/c1-11-2-3-12-4-5-14(13(12)10-11)15-16-6-8-17-9-7-16/h2-3,10,14-15H,4-9H2,1H3. The summed E-state index contributed by atoms with van der Waals surface area (Å²) >= 11 is 0. The largest absolute Gasteiger partial charge is 0.379 e. The summed E-state index contributed by atoms with van der Waals surface area (Å²) in [5.74, 6) is 0. The van der Waals surface area contributed by atoms with Crippen molar-refractivity contribution in [3.05, 3.63) is 34.9 Å². The fourth-order valence-electron chi connectivity index (χ4n) is 2.77. The van der Waals surface area contributed by atoms with Crippen molar-refractivity contribution in [1.82, 2.24) is 10.4 Å². The summed E-state index contributed by atoms with van der Waals surface area (Å²) in [4.78, 5) is 0. The molecule has 1 aliphatic heterocycles. The van der Waals surface area contributed by atoms with Gasteiger partial charge in [0.15, 0.2) is 0 Å². The van der Waals surface area contributed by atoms with Gasteiger partial charge in [0.1, 0.15) is 0 Å². The minimum absolute atomic E-state index is 0.503. The number of rotatable bonds is 2. The second kappa shape index (κ2) is 4.77. The SMILES string of the molecule is Cc1ccc2c(c1)C(NN1CCOCC1)CC2. The van der Waals surface area contributed by atoms with Crippen molar-refractivity contribution in [2.75, 3.05) is 26.3 Å². The average Bonchev–Trinajstić information content (AvgIpc) is 2.73. The van der Waals surface area contributed by atoms with Crippen molar-refractivity contribution < 1.29 is 4.74 Å². The van der Waals surface area contributed by atoms with Crippen LogP contribution in [0.4, 0.5) is 0 Å². The molecule has 2 aliphatic rings. The van der Waals surface area contributed by atoms with Crippen LogP contribution < -0.4 is 5.43 Å². The molecule has 3 rings (SSSR count). The minimum Gasteiger partial charge on any atom is -0.379 e. The number of hydrogen-bond acceptors (Lipinski definition) is 3. The van der Waals surface area contributed by atoms with Crippen LogP contribution in [0.3, 0.4) is 0 Å². The van der Waals surface area contributed by atoms with Crippen LogP contribution in [0.25, 0.3) is 0 Å². The molecule has 0 bridgehead atoms. The molecule has 1 aromatic carbocycles. The van der Waals surface area contributed by atoms with E-state index in [-0.39, 0.29) is 0 Å². The highest BCUT2D eigenvalue weighted by Crippen LogP contribution is 2.31. The molecule has 0 spiro atoms. The Labute approximate surface area is 103 Å². The van der Waals surface area contributed by atoms with Gasteiger partial charge in [-0.3, -0.25) is 0 Å². The summed E-state index contributed by atoms with van der Waals surface area (Å²) in [6, 6.07) is 7.34. The fourth-order valence-corrected chi connectivity index (χ4v) is 2.77. The number of aryl methyl sites for hydroxylation is 2. The second-order valence-electron chi connectivity index (χ2n) is 5.02. The normalized spacial score (nSPS) is 24.9. The predicted molar refractivity (Wildman–Crippen MR) is 67.8 cm³/mol. The van der Waals surface area contributed by atoms with Gasteiger partial charge in [-0.05, 0) is 30.9 Å². The van der Waals surface area contributed by atoms with Crippen molar-refractivity contribution in [2.45, 2.75) is 25.8 Å². The van der Waals surface area contributed by atoms with E-state index in [1.54, 1.807) is 0 Å². The third kappa shape index (κ3) is 2.37. The Kier molecular flexibility index (Phi) is 3.14. The van der Waals surface area contributed by atoms with Gasteiger partial charge in [-0.2, -0.15) is 0 Å². The van der Waals surface area contributed by atoms with Crippen LogP contribution in [0.2, 0.25) is 0 Å². The van der Waals surface area contributed by atoms with E-state index in [0.29, 0.717) is 6.04 Å². The maximum Gasteiger partial charge on any atom is 0.0608 e. The first-order valence-electron chi connectivity index (χ1n) is 6.51. The number of morpholine rings is 1. The molecule has 1 atom stereocenters. The Morgan fingerprint density at radius 3 is 2.94 bits per heavy atom. The highest BCUT2D eigenvalue weighted by atomic mass is 16.5. The zero-order valence-corrected chi connectivity index (χ0v) is 10.4. The van der Waals surface area contributed by atoms with Gasteiger partial charge in [0.25, 0.3) is 0 Å². The van der Waals surface area contributed by atoms with Gasteiger partial charge >= 0.3 is 0 Å². The Morgan fingerprint density at radius 2 is 2.12 bits per heavy atom. The molecule has 17 heavy (non-hydrogen) atoms. The van der Waals surface area contributed by atoms with E-state index in [1.807, 2.05) is 0 Å². The molecule has 0 saturated carbocycles. The Hall–Kier alpha value is -0.900. The van der Waals surface area contributed by atoms with Gasteiger partial charge in [0.05, 0.1) is 13.2 Å². The van der Waals surface area contributed by atoms with Crippen molar-refractivity contribution in [3.63, 3.8) is 0 Å². The third-order valence-corrected chi connectivity index (χ3v) is 3.73. The minimum atomic E-state index is 0.503. The van der Waals surface area contributed by atoms with Crippen molar-refractivity contribution in [3.8, 4) is 0 Å². The quantitative estimate of drug-likeness (QED) is 0.842. The van der Waals surface area contributed by atoms with Gasteiger partial charge in [-0.25, -0.2) is 10.4 Å². The maximum absolute atomic E-state index is 5.37. The fraction of sp³-hybridized carbons (Fsp3) is 0.571. The Bertz CT molecular complexity index is 399. The van der Waals surface area contributed by atoms with Crippen LogP contribution in [0.5, 0.6) is 0 Å². The van der Waals surface area contributed by atoms with Crippen molar-refractivity contribution in [1.29, 1.82) is 0 Å². The summed E-state index contributed by atoms with van der Waals surface area (Å²) < 4.78 is 5.37. The van der Waals surface area contributed by atoms with Crippen LogP contribution in [0.1, 0.15) is 29.2 Å². The molecule has 1 heterocycles. The molecule has 3 heteroatoms. The molecule has 1 aliphatic carbocycles. The average molecular weight is 232 g/mol. The molecule has 1 aromatic rings. The molecule has 0 aromatic heterocycles. The lowest BCUT2D eigenvalue weighted by molar-refractivity contribution is 0.00348. The molecule has 1 N–H and O–H groups in total. The third-order valence-electron chi connectivity index (χ3n) is 3.73. The lowest BCUT2D eigenvalue weighted by Gasteiger charge is -2.30. The summed E-state index contributed by atoms with van der Waals surface area (Å²) in [7, 11) is 0. The zero-order chi connectivity index (χ0) is 11.7. The number of hydrogen-bond donors (Lipinski definition) is 1. The van der Waals surface area contributed by atoms with E-state index in [1.165, 1.54) is 29.5 Å². The van der Waals surface area contributed by atoms with E-state index in [0.717, 1.165) is 26.3 Å². The molecule has 0 radical (unpaired) electrons. The molecule has 92 valence electrons. The zero-order valence-electron chi connectivity index (χ0n) is 10.4. The van der Waals surface area contributed by atoms with Gasteiger partial charge in [0, 0.05) is 19.1 Å². The molecule has 0 amide bonds. The molecular formula is C14H20N2O. The first-order valence-corrected chi connectivity index (χ1v) is 6.51. The number of nitrogens with zero attached hydrogens (tertiary/aromatic N) is 1. The lowest BCUT2D eigenvalue weighted by Crippen LogP contribution is -2.46. The highest BCUT2D eigenvalue weighted by molar-refractivity contribution is 5.37. The van der Waals surface area contributed by atoms with Crippen LogP contribution >= 0.6 is 0 Å². The number of hydrazine groups is 1. The van der Waals surface area contributed by atoms with E-state index in [2.05, 4.69) is 35.6 Å². The van der Waals surface area contributed by atoms with E-state index in [4.69, 9.17) is 4.74 Å². The van der Waals surface area contributed by atoms with Gasteiger partial charge in [0.2, 0.25) is 0 Å². The summed E-state index contributed by atoms with van der Waals surface area (Å²) in [6.45, 7) is 5.86. The molecule has 1 unspecified atom stereocenters. The smallest absolute Gasteiger partial charge is 0.0608 e. The first-order chi connectivity index (χ1) is 8.33. The monoisotopic (exact) mass is 232 g/mol. The predicted octanol–water partition coefficient (Wildman–Crippen LogP) is 1.82. The Balaban J connectivity index is 1.72. The van der Waals surface area contributed by atoms with Crippen LogP contribution in [-0.4, -0.2) is 31.3 Å². The van der Waals surface area contributed by atoms with Gasteiger partial charge in [-0.15, -0.1) is 0 Å². The van der Waals surface area contributed by atoms with Crippen LogP contribution in [0.15, 0.2) is 18.2 Å². The molecule has 1 fully saturated rings. The van der Waals surface area contributed by atoms with E-state index >= 15 is 0 Å². The number of nitrogens with one attached hydrogen (secondary N) is 1. The highest BCUT2D eigenvalue weighted by Gasteiger charge is 2.24. The molecule has 3 nitrogen and oxygen atoms in total. The van der Waals surface area contributed by atoms with Crippen molar-refractivity contribution >= 4 is 0 Å². The second-order valence-corrected chi connectivity index (χ2v) is 5.02. The summed E-state index contributed by atoms with van der Waals surface area (Å²) in [5, 5.41) is 2.31. The van der Waals surface area contributed by atoms with E-state index in [9.17, 15) is 0 Å². The maximum atomic E-state index is 5.37. The number of benzene rings is 1.